The topological polar surface area (TPSA) is 26.3 Å². The number of hydrogen-bond donors (Lipinski definition) is 0. The number of hydrogen-bond acceptors (Lipinski definition) is 2. The molecule has 0 N–H and O–H groups in total. The Kier molecular flexibility index (Phi) is 7.52. The second-order valence-electron chi connectivity index (χ2n) is 8.19. The number of rotatable bonds is 5. The third-order valence-corrected chi connectivity index (χ3v) is 28.3. The van der Waals surface area contributed by atoms with Gasteiger partial charge in [0.15, 0.2) is 0 Å². The van der Waals surface area contributed by atoms with Crippen LogP contribution in [0.5, 0.6) is 0 Å². The first-order valence-electron chi connectivity index (χ1n) is 10.6. The average Bonchev–Trinajstić information content (AvgIpc) is 2.73. The van der Waals surface area contributed by atoms with Gasteiger partial charge in [-0.1, -0.05) is 0 Å². The summed E-state index contributed by atoms with van der Waals surface area (Å²) in [6.45, 7) is 1.95. The molecule has 0 unspecified atom stereocenters. The van der Waals surface area contributed by atoms with Gasteiger partial charge in [-0.05, 0) is 0 Å². The SMILES string of the molecule is CC(=C[SiH3])C(=O)[O][BiH]([c]1ccccc1)([CH]1CCCCC1)[CH]1CCCCC1. The number of benzene rings is 1. The molecule has 0 atom stereocenters. The second kappa shape index (κ2) is 9.64. The summed E-state index contributed by atoms with van der Waals surface area (Å²) >= 11 is -3.56. The van der Waals surface area contributed by atoms with Crippen LogP contribution >= 0.6 is 0 Å². The van der Waals surface area contributed by atoms with Gasteiger partial charge in [0.25, 0.3) is 0 Å². The fraction of sp³-hybridized carbons (Fsp3) is 0.591. The fourth-order valence-electron chi connectivity index (χ4n) is 5.14. The van der Waals surface area contributed by atoms with Crippen LogP contribution in [-0.2, 0) is 7.61 Å². The molecular formula is C22H35BiO2Si. The average molecular weight is 569 g/mol. The van der Waals surface area contributed by atoms with Gasteiger partial charge < -0.3 is 0 Å². The molecule has 0 heterocycles. The summed E-state index contributed by atoms with van der Waals surface area (Å²) in [5.41, 5.74) is 2.89. The second-order valence-corrected chi connectivity index (χ2v) is 24.3. The van der Waals surface area contributed by atoms with Crippen LogP contribution < -0.4 is 3.27 Å². The van der Waals surface area contributed by atoms with E-state index in [2.05, 4.69) is 30.3 Å². The Balaban J connectivity index is 2.07. The Morgan fingerprint density at radius 3 is 1.92 bits per heavy atom. The molecule has 0 amide bonds. The zero-order valence-corrected chi connectivity index (χ0v) is 22.4. The van der Waals surface area contributed by atoms with Crippen LogP contribution in [0.4, 0.5) is 0 Å². The van der Waals surface area contributed by atoms with Crippen molar-refractivity contribution in [2.24, 2.45) is 0 Å². The van der Waals surface area contributed by atoms with Gasteiger partial charge in [0.05, 0.1) is 0 Å². The van der Waals surface area contributed by atoms with E-state index in [0.717, 1.165) is 15.8 Å². The summed E-state index contributed by atoms with van der Waals surface area (Å²) in [4.78, 5) is 13.0. The summed E-state index contributed by atoms with van der Waals surface area (Å²) in [6.07, 6.45) is 13.1. The normalized spacial score (nSPS) is 21.5. The predicted octanol–water partition coefficient (Wildman–Crippen LogP) is 4.05. The van der Waals surface area contributed by atoms with Gasteiger partial charge >= 0.3 is 168 Å². The van der Waals surface area contributed by atoms with Crippen molar-refractivity contribution in [1.82, 2.24) is 0 Å². The molecule has 4 heteroatoms. The van der Waals surface area contributed by atoms with E-state index < -0.39 is 20.7 Å². The van der Waals surface area contributed by atoms with Crippen molar-refractivity contribution >= 4 is 40.2 Å². The van der Waals surface area contributed by atoms with E-state index in [0.29, 0.717) is 7.25 Å². The molecule has 26 heavy (non-hydrogen) atoms. The molecule has 2 aliphatic carbocycles. The Morgan fingerprint density at radius 1 is 0.962 bits per heavy atom. The van der Waals surface area contributed by atoms with Crippen molar-refractivity contribution in [1.29, 1.82) is 0 Å². The van der Waals surface area contributed by atoms with Crippen molar-refractivity contribution < 1.29 is 7.61 Å². The Morgan fingerprint density at radius 2 is 1.46 bits per heavy atom. The molecule has 2 saturated carbocycles. The van der Waals surface area contributed by atoms with E-state index in [-0.39, 0.29) is 5.97 Å². The summed E-state index contributed by atoms with van der Waals surface area (Å²) in [5.74, 6) is 0.00154. The summed E-state index contributed by atoms with van der Waals surface area (Å²) in [5, 5.41) is 0. The maximum absolute atomic E-state index is 13.0. The monoisotopic (exact) mass is 568 g/mol. The van der Waals surface area contributed by atoms with Crippen molar-refractivity contribution in [3.05, 3.63) is 41.6 Å². The predicted molar refractivity (Wildman–Crippen MR) is 117 cm³/mol. The first-order valence-corrected chi connectivity index (χ1v) is 19.8. The standard InChI is InChI=1S/2C6H11.C6H5.C4H8O2Si.Bi.H/c3*1-2-4-6-5-3-1;1-3(2-7)4(5)6;;/h2*1H,2-6H2;1-5H;2H,1,7H3,(H,5,6);;/q;;;;+1;/p-1. The van der Waals surface area contributed by atoms with E-state index in [1.807, 2.05) is 12.6 Å². The first-order chi connectivity index (χ1) is 12.7. The molecule has 0 spiro atoms. The first kappa shape index (κ1) is 20.3. The Hall–Kier alpha value is -0.470. The zero-order valence-electron chi connectivity index (χ0n) is 16.5. The molecule has 144 valence electrons. The third kappa shape index (κ3) is 4.33. The molecule has 1 aromatic rings. The molecule has 1 aromatic carbocycles. The van der Waals surface area contributed by atoms with E-state index in [9.17, 15) is 4.79 Å². The summed E-state index contributed by atoms with van der Waals surface area (Å²) < 4.78 is 9.59. The van der Waals surface area contributed by atoms with Gasteiger partial charge in [0, 0.05) is 0 Å². The van der Waals surface area contributed by atoms with Gasteiger partial charge in [-0.15, -0.1) is 0 Å². The van der Waals surface area contributed by atoms with Crippen molar-refractivity contribution in [2.45, 2.75) is 78.4 Å². The minimum atomic E-state index is -3.56. The van der Waals surface area contributed by atoms with Crippen LogP contribution in [0.25, 0.3) is 0 Å². The molecule has 0 radical (unpaired) electrons. The van der Waals surface area contributed by atoms with Crippen LogP contribution in [-0.4, -0.2) is 36.9 Å². The zero-order chi connectivity index (χ0) is 18.4. The van der Waals surface area contributed by atoms with Crippen LogP contribution in [0.1, 0.15) is 71.1 Å². The van der Waals surface area contributed by atoms with Gasteiger partial charge in [0.1, 0.15) is 0 Å². The molecule has 0 bridgehead atoms. The fourth-order valence-corrected chi connectivity index (χ4v) is 27.8. The van der Waals surface area contributed by atoms with Gasteiger partial charge in [-0.3, -0.25) is 0 Å². The maximum atomic E-state index is 13.0. The summed E-state index contributed by atoms with van der Waals surface area (Å²) in [7, 11) is 0.914. The van der Waals surface area contributed by atoms with E-state index in [1.165, 1.54) is 67.5 Å². The van der Waals surface area contributed by atoms with Crippen molar-refractivity contribution in [3.8, 4) is 0 Å². The van der Waals surface area contributed by atoms with E-state index >= 15 is 0 Å². The molecule has 3 rings (SSSR count). The van der Waals surface area contributed by atoms with Crippen molar-refractivity contribution in [2.75, 3.05) is 0 Å². The molecule has 0 saturated heterocycles. The quantitative estimate of drug-likeness (QED) is 0.396. The molecular weight excluding hydrogens is 533 g/mol. The molecule has 2 nitrogen and oxygen atoms in total. The van der Waals surface area contributed by atoms with Crippen LogP contribution in [0.3, 0.4) is 0 Å². The van der Waals surface area contributed by atoms with Crippen LogP contribution in [0, 0.1) is 0 Å². The Bertz CT molecular complexity index is 598. The van der Waals surface area contributed by atoms with Crippen LogP contribution in [0.2, 0.25) is 7.25 Å². The molecule has 2 aliphatic rings. The van der Waals surface area contributed by atoms with Crippen molar-refractivity contribution in [3.63, 3.8) is 0 Å². The summed E-state index contributed by atoms with van der Waals surface area (Å²) in [6, 6.07) is 11.0. The molecule has 0 aliphatic heterocycles. The van der Waals surface area contributed by atoms with E-state index in [1.54, 1.807) is 0 Å². The number of carbonyl (C=O) groups excluding carboxylic acids is 1. The Labute approximate surface area is 167 Å². The van der Waals surface area contributed by atoms with Gasteiger partial charge in [-0.2, -0.15) is 0 Å². The minimum absolute atomic E-state index is 0.00154. The number of carbonyl (C=O) groups is 1. The third-order valence-electron chi connectivity index (χ3n) is 6.66. The van der Waals surface area contributed by atoms with Gasteiger partial charge in [0.2, 0.25) is 0 Å². The van der Waals surface area contributed by atoms with E-state index in [4.69, 9.17) is 2.81 Å². The molecule has 2 fully saturated rings. The van der Waals surface area contributed by atoms with Crippen LogP contribution in [0.15, 0.2) is 41.6 Å². The van der Waals surface area contributed by atoms with Gasteiger partial charge in [-0.25, -0.2) is 0 Å². The molecule has 0 aromatic heterocycles.